The maximum absolute atomic E-state index is 14.0. The first-order valence-corrected chi connectivity index (χ1v) is 8.02. The predicted molar refractivity (Wildman–Crippen MR) is 86.5 cm³/mol. The Hall–Kier alpha value is -1.37. The van der Waals surface area contributed by atoms with E-state index in [-0.39, 0.29) is 18.0 Å². The van der Waals surface area contributed by atoms with Crippen molar-refractivity contribution >= 4 is 27.8 Å². The molecule has 0 N–H and O–H groups in total. The van der Waals surface area contributed by atoms with Crippen LogP contribution in [0.5, 0.6) is 0 Å². The highest BCUT2D eigenvalue weighted by atomic mass is 79.9. The van der Waals surface area contributed by atoms with E-state index in [9.17, 15) is 9.18 Å². The van der Waals surface area contributed by atoms with E-state index in [4.69, 9.17) is 4.74 Å². The van der Waals surface area contributed by atoms with E-state index in [1.807, 2.05) is 32.6 Å². The smallest absolute Gasteiger partial charge is 0.410 e. The number of amides is 1. The maximum Gasteiger partial charge on any atom is 0.410 e. The van der Waals surface area contributed by atoms with Crippen molar-refractivity contribution in [3.63, 3.8) is 0 Å². The van der Waals surface area contributed by atoms with E-state index < -0.39 is 5.60 Å². The number of carbonyl (C=O) groups excluding carboxylic acids is 1. The third-order valence-electron chi connectivity index (χ3n) is 3.34. The number of anilines is 1. The molecular formula is C15H21BrFN3O2. The van der Waals surface area contributed by atoms with Crippen LogP contribution in [0.4, 0.5) is 15.0 Å². The predicted octanol–water partition coefficient (Wildman–Crippen LogP) is 3.43. The molecule has 22 heavy (non-hydrogen) atoms. The lowest BCUT2D eigenvalue weighted by molar-refractivity contribution is 0.0218. The number of piperazine rings is 1. The Morgan fingerprint density at radius 3 is 2.68 bits per heavy atom. The molecule has 5 nitrogen and oxygen atoms in total. The van der Waals surface area contributed by atoms with Gasteiger partial charge in [0, 0.05) is 36.3 Å². The second kappa shape index (κ2) is 6.40. The molecule has 1 aromatic heterocycles. The zero-order valence-electron chi connectivity index (χ0n) is 13.3. The molecule has 122 valence electrons. The van der Waals surface area contributed by atoms with E-state index in [2.05, 4.69) is 20.9 Å². The molecular weight excluding hydrogens is 353 g/mol. The van der Waals surface area contributed by atoms with E-state index in [1.54, 1.807) is 11.1 Å². The maximum atomic E-state index is 14.0. The highest BCUT2D eigenvalue weighted by Crippen LogP contribution is 2.24. The number of aromatic nitrogens is 1. The fourth-order valence-electron chi connectivity index (χ4n) is 2.38. The summed E-state index contributed by atoms with van der Waals surface area (Å²) in [5.74, 6) is -0.0496. The average molecular weight is 374 g/mol. The molecule has 1 fully saturated rings. The molecule has 1 unspecified atom stereocenters. The van der Waals surface area contributed by atoms with Crippen LogP contribution in [0.25, 0.3) is 0 Å². The van der Waals surface area contributed by atoms with Crippen molar-refractivity contribution in [3.05, 3.63) is 22.6 Å². The molecule has 0 radical (unpaired) electrons. The van der Waals surface area contributed by atoms with Gasteiger partial charge in [-0.1, -0.05) is 0 Å². The second-order valence-corrected chi connectivity index (χ2v) is 7.34. The first-order chi connectivity index (χ1) is 10.2. The Labute approximate surface area is 138 Å². The highest BCUT2D eigenvalue weighted by molar-refractivity contribution is 9.10. The standard InChI is InChI=1S/C15H21BrFN3O2/c1-10-9-19(14(21)22-15(2,3)4)5-6-20(10)13-12(17)7-11(16)8-18-13/h7-8,10H,5-6,9H2,1-4H3. The Morgan fingerprint density at radius 2 is 2.14 bits per heavy atom. The van der Waals surface area contributed by atoms with Crippen molar-refractivity contribution in [2.24, 2.45) is 0 Å². The Balaban J connectivity index is 2.05. The summed E-state index contributed by atoms with van der Waals surface area (Å²) >= 11 is 3.20. The summed E-state index contributed by atoms with van der Waals surface area (Å²) in [6.07, 6.45) is 1.24. The van der Waals surface area contributed by atoms with Crippen molar-refractivity contribution in [2.45, 2.75) is 39.3 Å². The van der Waals surface area contributed by atoms with Gasteiger partial charge in [-0.2, -0.15) is 0 Å². The molecule has 0 aromatic carbocycles. The third-order valence-corrected chi connectivity index (χ3v) is 3.77. The summed E-state index contributed by atoms with van der Waals surface area (Å²) in [6.45, 7) is 8.94. The minimum Gasteiger partial charge on any atom is -0.444 e. The number of halogens is 2. The number of hydrogen-bond acceptors (Lipinski definition) is 4. The lowest BCUT2D eigenvalue weighted by Crippen LogP contribution is -2.55. The van der Waals surface area contributed by atoms with Gasteiger partial charge in [0.1, 0.15) is 5.60 Å². The van der Waals surface area contributed by atoms with Crippen molar-refractivity contribution in [2.75, 3.05) is 24.5 Å². The molecule has 0 spiro atoms. The van der Waals surface area contributed by atoms with E-state index in [0.717, 1.165) is 0 Å². The summed E-state index contributed by atoms with van der Waals surface area (Å²) in [5, 5.41) is 0. The van der Waals surface area contributed by atoms with Gasteiger partial charge in [-0.05, 0) is 49.7 Å². The minimum atomic E-state index is -0.517. The highest BCUT2D eigenvalue weighted by Gasteiger charge is 2.31. The molecule has 1 atom stereocenters. The summed E-state index contributed by atoms with van der Waals surface area (Å²) in [6, 6.07) is 1.36. The summed E-state index contributed by atoms with van der Waals surface area (Å²) in [5.41, 5.74) is -0.517. The van der Waals surface area contributed by atoms with E-state index in [0.29, 0.717) is 29.9 Å². The fraction of sp³-hybridized carbons (Fsp3) is 0.600. The molecule has 1 saturated heterocycles. The molecule has 1 amide bonds. The van der Waals surface area contributed by atoms with Crippen LogP contribution >= 0.6 is 15.9 Å². The van der Waals surface area contributed by atoms with Gasteiger partial charge in [0.05, 0.1) is 0 Å². The molecule has 1 aliphatic rings. The average Bonchev–Trinajstić information content (AvgIpc) is 2.37. The van der Waals surface area contributed by atoms with Crippen LogP contribution < -0.4 is 4.90 Å². The summed E-state index contributed by atoms with van der Waals surface area (Å²) in [4.78, 5) is 19.8. The quantitative estimate of drug-likeness (QED) is 0.756. The third kappa shape index (κ3) is 4.09. The number of hydrogen-bond donors (Lipinski definition) is 0. The van der Waals surface area contributed by atoms with Crippen LogP contribution in [0.1, 0.15) is 27.7 Å². The Morgan fingerprint density at radius 1 is 1.45 bits per heavy atom. The van der Waals surface area contributed by atoms with Crippen molar-refractivity contribution in [3.8, 4) is 0 Å². The Bertz CT molecular complexity index is 562. The fourth-order valence-corrected chi connectivity index (χ4v) is 2.69. The molecule has 7 heteroatoms. The van der Waals surface area contributed by atoms with Gasteiger partial charge in [0.25, 0.3) is 0 Å². The normalized spacial score (nSPS) is 19.3. The monoisotopic (exact) mass is 373 g/mol. The molecule has 0 saturated carbocycles. The zero-order chi connectivity index (χ0) is 16.5. The molecule has 1 aliphatic heterocycles. The van der Waals surface area contributed by atoms with Gasteiger partial charge in [-0.15, -0.1) is 0 Å². The van der Waals surface area contributed by atoms with Crippen molar-refractivity contribution in [1.82, 2.24) is 9.88 Å². The molecule has 2 heterocycles. The first kappa shape index (κ1) is 17.0. The van der Waals surface area contributed by atoms with Gasteiger partial charge in [-0.25, -0.2) is 14.2 Å². The molecule has 0 aliphatic carbocycles. The number of carbonyl (C=O) groups is 1. The van der Waals surface area contributed by atoms with Crippen LogP contribution in [0.15, 0.2) is 16.7 Å². The van der Waals surface area contributed by atoms with E-state index >= 15 is 0 Å². The topological polar surface area (TPSA) is 45.7 Å². The van der Waals surface area contributed by atoms with Gasteiger partial charge < -0.3 is 14.5 Å². The lowest BCUT2D eigenvalue weighted by Gasteiger charge is -2.40. The largest absolute Gasteiger partial charge is 0.444 e. The number of pyridine rings is 1. The molecule has 0 bridgehead atoms. The van der Waals surface area contributed by atoms with Gasteiger partial charge >= 0.3 is 6.09 Å². The van der Waals surface area contributed by atoms with Gasteiger partial charge in [-0.3, -0.25) is 0 Å². The lowest BCUT2D eigenvalue weighted by atomic mass is 10.2. The van der Waals surface area contributed by atoms with Gasteiger partial charge in [0.2, 0.25) is 0 Å². The minimum absolute atomic E-state index is 0.0376. The van der Waals surface area contributed by atoms with Crippen LogP contribution in [0.2, 0.25) is 0 Å². The van der Waals surface area contributed by atoms with Crippen molar-refractivity contribution in [1.29, 1.82) is 0 Å². The number of ether oxygens (including phenoxy) is 1. The van der Waals surface area contributed by atoms with Crippen LogP contribution in [0, 0.1) is 5.82 Å². The van der Waals surface area contributed by atoms with Crippen molar-refractivity contribution < 1.29 is 13.9 Å². The zero-order valence-corrected chi connectivity index (χ0v) is 14.9. The molecule has 1 aromatic rings. The van der Waals surface area contributed by atoms with Crippen LogP contribution in [-0.4, -0.2) is 47.3 Å². The van der Waals surface area contributed by atoms with Crippen LogP contribution in [0.3, 0.4) is 0 Å². The number of rotatable bonds is 1. The Kier molecular flexibility index (Phi) is 4.94. The van der Waals surface area contributed by atoms with E-state index in [1.165, 1.54) is 6.07 Å². The SMILES string of the molecule is CC1CN(C(=O)OC(C)(C)C)CCN1c1ncc(Br)cc1F. The second-order valence-electron chi connectivity index (χ2n) is 6.43. The van der Waals surface area contributed by atoms with Gasteiger partial charge in [0.15, 0.2) is 11.6 Å². The first-order valence-electron chi connectivity index (χ1n) is 7.23. The van der Waals surface area contributed by atoms with Crippen LogP contribution in [-0.2, 0) is 4.74 Å². The molecule has 2 rings (SSSR count). The summed E-state index contributed by atoms with van der Waals surface area (Å²) < 4.78 is 20.0. The summed E-state index contributed by atoms with van der Waals surface area (Å²) in [7, 11) is 0. The number of nitrogens with zero attached hydrogens (tertiary/aromatic N) is 3.